The molecule has 35 heavy (non-hydrogen) atoms. The Morgan fingerprint density at radius 2 is 1.94 bits per heavy atom. The number of aryl methyl sites for hydroxylation is 2. The Hall–Kier alpha value is -3.28. The molecule has 4 aromatic heterocycles. The quantitative estimate of drug-likeness (QED) is 0.332. The summed E-state index contributed by atoms with van der Waals surface area (Å²) >= 11 is 1.52. The summed E-state index contributed by atoms with van der Waals surface area (Å²) in [6, 6.07) is 3.82. The fourth-order valence-corrected chi connectivity index (χ4v) is 5.44. The highest BCUT2D eigenvalue weighted by Crippen LogP contribution is 2.28. The molecule has 1 N–H and O–H groups in total. The second-order valence-electron chi connectivity index (χ2n) is 8.64. The van der Waals surface area contributed by atoms with Gasteiger partial charge in [-0.3, -0.25) is 18.9 Å². The number of imidazole rings is 1. The number of hydrogen-bond donors (Lipinski definition) is 1. The molecule has 0 spiro atoms. The van der Waals surface area contributed by atoms with Gasteiger partial charge in [-0.2, -0.15) is 0 Å². The third kappa shape index (κ3) is 4.54. The molecule has 11 nitrogen and oxygen atoms in total. The lowest BCUT2D eigenvalue weighted by Crippen LogP contribution is -2.31. The molecule has 0 radical (unpaired) electrons. The van der Waals surface area contributed by atoms with Crippen LogP contribution < -0.4 is 16.1 Å². The standard InChI is InChI=1S/C23H30N8O3S/c1-3-5-12-30-19-18(20(32)25-22(30)33)29(4-2)17(24-19)15-35-23-27-26-21(28-10-6-7-11-28)31(23)14-16-9-8-13-34-16/h8-9,13H,3-7,10-12,14-15H2,1-2H3,(H,25,32,33). The zero-order chi connectivity index (χ0) is 24.4. The number of thioether (sulfide) groups is 1. The van der Waals surface area contributed by atoms with Crippen LogP contribution in [0.5, 0.6) is 0 Å². The van der Waals surface area contributed by atoms with Crippen molar-refractivity contribution in [2.24, 2.45) is 0 Å². The van der Waals surface area contributed by atoms with Gasteiger partial charge in [-0.05, 0) is 38.3 Å². The highest BCUT2D eigenvalue weighted by molar-refractivity contribution is 7.98. The number of unbranched alkanes of at least 4 members (excludes halogenated alkanes) is 1. The van der Waals surface area contributed by atoms with Gasteiger partial charge < -0.3 is 13.9 Å². The van der Waals surface area contributed by atoms with Crippen molar-refractivity contribution in [1.29, 1.82) is 0 Å². The van der Waals surface area contributed by atoms with Gasteiger partial charge in [0, 0.05) is 26.2 Å². The normalized spacial score (nSPS) is 13.9. The van der Waals surface area contributed by atoms with Crippen LogP contribution in [0.1, 0.15) is 51.1 Å². The van der Waals surface area contributed by atoms with E-state index >= 15 is 0 Å². The van der Waals surface area contributed by atoms with Crippen molar-refractivity contribution < 1.29 is 4.42 Å². The smallest absolute Gasteiger partial charge is 0.330 e. The van der Waals surface area contributed by atoms with Crippen LogP contribution in [0.3, 0.4) is 0 Å². The minimum Gasteiger partial charge on any atom is -0.467 e. The Morgan fingerprint density at radius 1 is 1.11 bits per heavy atom. The van der Waals surface area contributed by atoms with Crippen LogP contribution in [0.25, 0.3) is 11.2 Å². The molecule has 12 heteroatoms. The minimum atomic E-state index is -0.413. The maximum Gasteiger partial charge on any atom is 0.330 e. The Labute approximate surface area is 206 Å². The van der Waals surface area contributed by atoms with E-state index in [1.54, 1.807) is 10.8 Å². The summed E-state index contributed by atoms with van der Waals surface area (Å²) in [7, 11) is 0. The Morgan fingerprint density at radius 3 is 2.66 bits per heavy atom. The fraction of sp³-hybridized carbons (Fsp3) is 0.522. The van der Waals surface area contributed by atoms with E-state index in [9.17, 15) is 9.59 Å². The molecule has 5 heterocycles. The maximum atomic E-state index is 12.7. The average molecular weight is 499 g/mol. The molecule has 1 aliphatic rings. The second-order valence-corrected chi connectivity index (χ2v) is 9.58. The first kappa shape index (κ1) is 23.5. The first-order valence-corrected chi connectivity index (χ1v) is 13.1. The highest BCUT2D eigenvalue weighted by atomic mass is 32.2. The van der Waals surface area contributed by atoms with E-state index in [1.165, 1.54) is 11.8 Å². The number of furan rings is 1. The molecule has 5 rings (SSSR count). The molecule has 0 atom stereocenters. The van der Waals surface area contributed by atoms with Crippen molar-refractivity contribution >= 4 is 28.9 Å². The number of fused-ring (bicyclic) bond motifs is 1. The van der Waals surface area contributed by atoms with Crippen molar-refractivity contribution in [3.8, 4) is 0 Å². The number of H-pyrrole nitrogens is 1. The number of rotatable bonds is 10. The molecule has 0 unspecified atom stereocenters. The molecule has 0 amide bonds. The van der Waals surface area contributed by atoms with Crippen LogP contribution in [0.4, 0.5) is 5.95 Å². The van der Waals surface area contributed by atoms with E-state index < -0.39 is 11.2 Å². The zero-order valence-corrected chi connectivity index (χ0v) is 20.9. The maximum absolute atomic E-state index is 12.7. The van der Waals surface area contributed by atoms with Crippen LogP contribution in [-0.4, -0.2) is 47.0 Å². The van der Waals surface area contributed by atoms with Crippen molar-refractivity contribution in [2.75, 3.05) is 18.0 Å². The molecule has 4 aromatic rings. The predicted molar refractivity (Wildman–Crippen MR) is 134 cm³/mol. The number of anilines is 1. The van der Waals surface area contributed by atoms with Crippen molar-refractivity contribution in [3.05, 3.63) is 50.8 Å². The van der Waals surface area contributed by atoms with Crippen LogP contribution in [-0.2, 0) is 25.4 Å². The van der Waals surface area contributed by atoms with Crippen LogP contribution in [0, 0.1) is 0 Å². The van der Waals surface area contributed by atoms with Crippen LogP contribution in [0.2, 0.25) is 0 Å². The number of aromatic nitrogens is 7. The molecule has 0 bridgehead atoms. The Kier molecular flexibility index (Phi) is 6.80. The van der Waals surface area contributed by atoms with E-state index in [0.717, 1.165) is 61.5 Å². The van der Waals surface area contributed by atoms with Gasteiger partial charge in [0.05, 0.1) is 18.6 Å². The highest BCUT2D eigenvalue weighted by Gasteiger charge is 2.23. The van der Waals surface area contributed by atoms with Crippen molar-refractivity contribution in [1.82, 2.24) is 33.9 Å². The SMILES string of the molecule is CCCCn1c(=O)[nH]c(=O)c2c1nc(CSc1nnc(N3CCCC3)n1Cc1ccco1)n2CC. The number of nitrogens with zero attached hydrogens (tertiary/aromatic N) is 7. The van der Waals surface area contributed by atoms with Gasteiger partial charge in [-0.1, -0.05) is 25.1 Å². The summed E-state index contributed by atoms with van der Waals surface area (Å²) in [5.74, 6) is 2.89. The van der Waals surface area contributed by atoms with Gasteiger partial charge in [-0.15, -0.1) is 10.2 Å². The van der Waals surface area contributed by atoms with Crippen LogP contribution >= 0.6 is 11.8 Å². The molecule has 1 fully saturated rings. The van der Waals surface area contributed by atoms with Gasteiger partial charge in [0.15, 0.2) is 16.3 Å². The van der Waals surface area contributed by atoms with Gasteiger partial charge in [0.2, 0.25) is 5.95 Å². The third-order valence-corrected chi connectivity index (χ3v) is 7.29. The molecular weight excluding hydrogens is 468 g/mol. The van der Waals surface area contributed by atoms with Crippen molar-refractivity contribution in [2.45, 2.75) is 70.1 Å². The largest absolute Gasteiger partial charge is 0.467 e. The van der Waals surface area contributed by atoms with Gasteiger partial charge in [0.1, 0.15) is 11.6 Å². The summed E-state index contributed by atoms with van der Waals surface area (Å²) in [6.07, 6.45) is 5.73. The van der Waals surface area contributed by atoms with Crippen LogP contribution in [0.15, 0.2) is 37.6 Å². The fourth-order valence-electron chi connectivity index (χ4n) is 4.56. The predicted octanol–water partition coefficient (Wildman–Crippen LogP) is 2.83. The Bertz CT molecular complexity index is 1410. The van der Waals surface area contributed by atoms with Crippen molar-refractivity contribution in [3.63, 3.8) is 0 Å². The summed E-state index contributed by atoms with van der Waals surface area (Å²) in [4.78, 5) is 34.7. The van der Waals surface area contributed by atoms with E-state index in [0.29, 0.717) is 36.6 Å². The molecule has 1 saturated heterocycles. The summed E-state index contributed by atoms with van der Waals surface area (Å²) in [6.45, 7) is 7.59. The number of aromatic amines is 1. The first-order valence-electron chi connectivity index (χ1n) is 12.2. The van der Waals surface area contributed by atoms with E-state index in [4.69, 9.17) is 9.40 Å². The van der Waals surface area contributed by atoms with E-state index in [2.05, 4.69) is 31.6 Å². The monoisotopic (exact) mass is 498 g/mol. The number of hydrogen-bond acceptors (Lipinski definition) is 8. The van der Waals surface area contributed by atoms with Gasteiger partial charge >= 0.3 is 5.69 Å². The lowest BCUT2D eigenvalue weighted by Gasteiger charge is -2.17. The molecule has 0 aliphatic carbocycles. The van der Waals surface area contributed by atoms with Gasteiger partial charge in [-0.25, -0.2) is 9.78 Å². The number of nitrogens with one attached hydrogen (secondary N) is 1. The topological polar surface area (TPSA) is 120 Å². The van der Waals surface area contributed by atoms with E-state index in [1.807, 2.05) is 23.6 Å². The minimum absolute atomic E-state index is 0.402. The summed E-state index contributed by atoms with van der Waals surface area (Å²) in [5.41, 5.74) is 0.0677. The lowest BCUT2D eigenvalue weighted by molar-refractivity contribution is 0.483. The first-order chi connectivity index (χ1) is 17.1. The molecule has 0 aromatic carbocycles. The van der Waals surface area contributed by atoms with E-state index in [-0.39, 0.29) is 0 Å². The lowest BCUT2D eigenvalue weighted by atomic mass is 10.3. The Balaban J connectivity index is 1.49. The average Bonchev–Trinajstić information content (AvgIpc) is 3.64. The molecular formula is C23H30N8O3S. The molecule has 186 valence electrons. The third-order valence-electron chi connectivity index (χ3n) is 6.33. The van der Waals surface area contributed by atoms with Gasteiger partial charge in [0.25, 0.3) is 5.56 Å². The molecule has 1 aliphatic heterocycles. The molecule has 0 saturated carbocycles. The zero-order valence-electron chi connectivity index (χ0n) is 20.1. The second kappa shape index (κ2) is 10.1. The summed E-state index contributed by atoms with van der Waals surface area (Å²) in [5, 5.41) is 9.75. The summed E-state index contributed by atoms with van der Waals surface area (Å²) < 4.78 is 11.1.